The first-order chi connectivity index (χ1) is 16.5. The van der Waals surface area contributed by atoms with Crippen LogP contribution in [0.5, 0.6) is 11.5 Å². The average Bonchev–Trinajstić information content (AvgIpc) is 3.42. The number of aromatic nitrogens is 3. The molecule has 8 nitrogen and oxygen atoms in total. The molecule has 176 valence electrons. The van der Waals surface area contributed by atoms with Gasteiger partial charge in [-0.2, -0.15) is 0 Å². The second kappa shape index (κ2) is 9.06. The van der Waals surface area contributed by atoms with Gasteiger partial charge in [0.05, 0.1) is 19.7 Å². The number of hydrogen-bond donors (Lipinski definition) is 1. The van der Waals surface area contributed by atoms with Crippen LogP contribution in [0, 0.1) is 6.92 Å². The molecule has 34 heavy (non-hydrogen) atoms. The van der Waals surface area contributed by atoms with Crippen LogP contribution < -0.4 is 20.3 Å². The largest absolute Gasteiger partial charge is 0.493 e. The van der Waals surface area contributed by atoms with Gasteiger partial charge in [-0.3, -0.25) is 14.2 Å². The fraction of sp³-hybridized carbons (Fsp3) is 0.320. The van der Waals surface area contributed by atoms with Gasteiger partial charge in [-0.05, 0) is 43.2 Å². The third kappa shape index (κ3) is 3.90. The van der Waals surface area contributed by atoms with E-state index < -0.39 is 0 Å². The molecule has 4 aromatic rings. The Morgan fingerprint density at radius 3 is 2.76 bits per heavy atom. The summed E-state index contributed by atoms with van der Waals surface area (Å²) in [4.78, 5) is 31.0. The van der Waals surface area contributed by atoms with Gasteiger partial charge in [0, 0.05) is 24.2 Å². The zero-order chi connectivity index (χ0) is 23.8. The molecule has 1 N–H and O–H groups in total. The second-order valence-electron chi connectivity index (χ2n) is 8.29. The molecule has 2 aromatic heterocycles. The fourth-order valence-electron chi connectivity index (χ4n) is 4.43. The first kappa shape index (κ1) is 22.3. The zero-order valence-electron chi connectivity index (χ0n) is 19.4. The SMILES string of the molecule is COc1ccc(CCNC(=O)Cn2c3ccc(C)cc3c3nc4n(c(=O)c32)CCS4)cc1OC. The van der Waals surface area contributed by atoms with Crippen LogP contribution in [0.15, 0.2) is 46.3 Å². The molecular weight excluding hydrogens is 452 g/mol. The molecular formula is C25H26N4O4S. The van der Waals surface area contributed by atoms with Gasteiger partial charge in [-0.1, -0.05) is 29.5 Å². The molecule has 9 heteroatoms. The Labute approximate surface area is 200 Å². The standard InChI is InChI=1S/C25H26N4O4S/c1-15-4-6-18-17(12-15)22-23(24(31)28-10-11-34-25(28)27-22)29(18)14-21(30)26-9-8-16-5-7-19(32-2)20(13-16)33-3/h4-7,12-13H,8-11,14H2,1-3H3,(H,26,30). The van der Waals surface area contributed by atoms with Gasteiger partial charge in [-0.15, -0.1) is 0 Å². The van der Waals surface area contributed by atoms with Gasteiger partial charge in [0.25, 0.3) is 5.56 Å². The van der Waals surface area contributed by atoms with Gasteiger partial charge < -0.3 is 19.4 Å². The average molecular weight is 479 g/mol. The fourth-order valence-corrected chi connectivity index (χ4v) is 5.38. The number of carbonyl (C=O) groups is 1. The molecule has 3 heterocycles. The van der Waals surface area contributed by atoms with E-state index in [1.807, 2.05) is 43.3 Å². The van der Waals surface area contributed by atoms with Gasteiger partial charge in [0.2, 0.25) is 5.91 Å². The lowest BCUT2D eigenvalue weighted by Gasteiger charge is -2.11. The lowest BCUT2D eigenvalue weighted by Crippen LogP contribution is -2.30. The van der Waals surface area contributed by atoms with Crippen molar-refractivity contribution in [3.05, 3.63) is 57.9 Å². The predicted molar refractivity (Wildman–Crippen MR) is 133 cm³/mol. The van der Waals surface area contributed by atoms with E-state index in [4.69, 9.17) is 14.5 Å². The summed E-state index contributed by atoms with van der Waals surface area (Å²) in [7, 11) is 3.20. The molecule has 1 amide bonds. The van der Waals surface area contributed by atoms with Crippen molar-refractivity contribution < 1.29 is 14.3 Å². The van der Waals surface area contributed by atoms with E-state index in [0.717, 1.165) is 32.9 Å². The maximum Gasteiger partial charge on any atom is 0.278 e. The predicted octanol–water partition coefficient (Wildman–Crippen LogP) is 3.14. The number of hydrogen-bond acceptors (Lipinski definition) is 6. The third-order valence-electron chi connectivity index (χ3n) is 6.11. The Hall–Kier alpha value is -3.46. The molecule has 0 atom stereocenters. The molecule has 0 saturated carbocycles. The van der Waals surface area contributed by atoms with E-state index in [-0.39, 0.29) is 18.0 Å². The van der Waals surface area contributed by atoms with Gasteiger partial charge in [0.15, 0.2) is 16.7 Å². The monoisotopic (exact) mass is 478 g/mol. The Morgan fingerprint density at radius 2 is 1.97 bits per heavy atom. The van der Waals surface area contributed by atoms with Crippen molar-refractivity contribution in [2.45, 2.75) is 31.6 Å². The van der Waals surface area contributed by atoms with Crippen LogP contribution in [-0.2, 0) is 24.3 Å². The number of nitrogens with one attached hydrogen (secondary N) is 1. The van der Waals surface area contributed by atoms with E-state index in [1.165, 1.54) is 0 Å². The van der Waals surface area contributed by atoms with Crippen molar-refractivity contribution in [2.24, 2.45) is 0 Å². The maximum atomic E-state index is 13.3. The summed E-state index contributed by atoms with van der Waals surface area (Å²) >= 11 is 1.59. The minimum Gasteiger partial charge on any atom is -0.493 e. The Balaban J connectivity index is 1.40. The first-order valence-electron chi connectivity index (χ1n) is 11.1. The van der Waals surface area contributed by atoms with E-state index in [2.05, 4.69) is 5.32 Å². The van der Waals surface area contributed by atoms with Gasteiger partial charge >= 0.3 is 0 Å². The number of aryl methyl sites for hydroxylation is 1. The molecule has 1 aliphatic heterocycles. The lowest BCUT2D eigenvalue weighted by atomic mass is 10.1. The maximum absolute atomic E-state index is 13.3. The van der Waals surface area contributed by atoms with Crippen molar-refractivity contribution in [1.82, 2.24) is 19.4 Å². The lowest BCUT2D eigenvalue weighted by molar-refractivity contribution is -0.121. The Kier molecular flexibility index (Phi) is 5.95. The third-order valence-corrected chi connectivity index (χ3v) is 7.07. The van der Waals surface area contributed by atoms with Gasteiger partial charge in [0.1, 0.15) is 17.6 Å². The summed E-state index contributed by atoms with van der Waals surface area (Å²) in [5, 5.41) is 4.63. The summed E-state index contributed by atoms with van der Waals surface area (Å²) in [6.07, 6.45) is 0.646. The summed E-state index contributed by atoms with van der Waals surface area (Å²) < 4.78 is 14.1. The van der Waals surface area contributed by atoms with Crippen molar-refractivity contribution in [3.8, 4) is 11.5 Å². The highest BCUT2D eigenvalue weighted by Crippen LogP contribution is 2.31. The zero-order valence-corrected chi connectivity index (χ0v) is 20.2. The minimum absolute atomic E-state index is 0.0540. The van der Waals surface area contributed by atoms with Crippen LogP contribution in [0.25, 0.3) is 21.9 Å². The molecule has 0 spiro atoms. The first-order valence-corrected chi connectivity index (χ1v) is 12.1. The molecule has 5 rings (SSSR count). The molecule has 0 bridgehead atoms. The molecule has 0 aliphatic carbocycles. The van der Waals surface area contributed by atoms with Crippen molar-refractivity contribution >= 4 is 39.6 Å². The molecule has 0 fully saturated rings. The molecule has 0 saturated heterocycles. The van der Waals surface area contributed by atoms with E-state index in [9.17, 15) is 9.59 Å². The molecule has 2 aromatic carbocycles. The van der Waals surface area contributed by atoms with E-state index in [1.54, 1.807) is 35.1 Å². The quantitative estimate of drug-likeness (QED) is 0.411. The smallest absolute Gasteiger partial charge is 0.278 e. The number of rotatable bonds is 7. The Morgan fingerprint density at radius 1 is 1.15 bits per heavy atom. The van der Waals surface area contributed by atoms with Crippen LogP contribution in [0.4, 0.5) is 0 Å². The van der Waals surface area contributed by atoms with Crippen LogP contribution in [-0.4, -0.2) is 46.5 Å². The number of benzene rings is 2. The van der Waals surface area contributed by atoms with Gasteiger partial charge in [-0.25, -0.2) is 4.98 Å². The second-order valence-corrected chi connectivity index (χ2v) is 9.35. The van der Waals surface area contributed by atoms with Crippen LogP contribution in [0.2, 0.25) is 0 Å². The highest BCUT2D eigenvalue weighted by atomic mass is 32.2. The number of fused-ring (bicyclic) bond motifs is 4. The highest BCUT2D eigenvalue weighted by Gasteiger charge is 2.23. The van der Waals surface area contributed by atoms with Crippen molar-refractivity contribution in [2.75, 3.05) is 26.5 Å². The van der Waals surface area contributed by atoms with Crippen LogP contribution in [0.3, 0.4) is 0 Å². The van der Waals surface area contributed by atoms with E-state index in [0.29, 0.717) is 42.0 Å². The number of nitrogens with zero attached hydrogens (tertiary/aromatic N) is 3. The normalized spacial score (nSPS) is 12.8. The van der Waals surface area contributed by atoms with E-state index >= 15 is 0 Å². The van der Waals surface area contributed by atoms with Crippen LogP contribution >= 0.6 is 11.8 Å². The topological polar surface area (TPSA) is 87.4 Å². The number of amides is 1. The van der Waals surface area contributed by atoms with Crippen molar-refractivity contribution in [1.29, 1.82) is 0 Å². The molecule has 0 radical (unpaired) electrons. The Bertz CT molecular complexity index is 1470. The summed E-state index contributed by atoms with van der Waals surface area (Å²) in [6.45, 7) is 3.17. The van der Waals surface area contributed by atoms with Crippen molar-refractivity contribution in [3.63, 3.8) is 0 Å². The molecule has 0 unspecified atom stereocenters. The minimum atomic E-state index is -0.154. The number of methoxy groups -OCH3 is 2. The number of thioether (sulfide) groups is 1. The van der Waals surface area contributed by atoms with Crippen LogP contribution in [0.1, 0.15) is 11.1 Å². The molecule has 1 aliphatic rings. The number of carbonyl (C=O) groups excluding carboxylic acids is 1. The highest BCUT2D eigenvalue weighted by molar-refractivity contribution is 7.99. The number of ether oxygens (including phenoxy) is 2. The summed E-state index contributed by atoms with van der Waals surface area (Å²) in [6, 6.07) is 11.7. The summed E-state index contributed by atoms with van der Waals surface area (Å²) in [5.41, 5.74) is 4.03. The summed E-state index contributed by atoms with van der Waals surface area (Å²) in [5.74, 6) is 2.01.